The van der Waals surface area contributed by atoms with Crippen molar-refractivity contribution in [3.63, 3.8) is 0 Å². The van der Waals surface area contributed by atoms with Crippen molar-refractivity contribution in [2.75, 3.05) is 53.6 Å². The van der Waals surface area contributed by atoms with Crippen molar-refractivity contribution in [1.82, 2.24) is 0 Å². The molecule has 3 atom stereocenters. The molecule has 5 nitrogen and oxygen atoms in total. The lowest BCUT2D eigenvalue weighted by Gasteiger charge is -2.39. The van der Waals surface area contributed by atoms with Crippen LogP contribution in [-0.4, -0.2) is 70.2 Å². The lowest BCUT2D eigenvalue weighted by molar-refractivity contribution is -0.883. The van der Waals surface area contributed by atoms with Crippen molar-refractivity contribution in [2.45, 2.75) is 53.1 Å². The van der Waals surface area contributed by atoms with Crippen LogP contribution >= 0.6 is 0 Å². The third kappa shape index (κ3) is 4.55. The van der Waals surface area contributed by atoms with Crippen LogP contribution in [0.2, 0.25) is 0 Å². The van der Waals surface area contributed by atoms with Gasteiger partial charge in [0.1, 0.15) is 13.2 Å². The van der Waals surface area contributed by atoms with Gasteiger partial charge in [-0.3, -0.25) is 0 Å². The maximum absolute atomic E-state index is 11.9. The number of hydrogen-bond acceptors (Lipinski definition) is 4. The number of ether oxygens (including phenoxy) is 3. The molecule has 0 aromatic carbocycles. The number of nitrogens with zero attached hydrogens (tertiary/aromatic N) is 1. The lowest BCUT2D eigenvalue weighted by Crippen LogP contribution is -2.47. The van der Waals surface area contributed by atoms with E-state index in [1.807, 2.05) is 6.92 Å². The highest BCUT2D eigenvalue weighted by Gasteiger charge is 2.61. The van der Waals surface area contributed by atoms with Gasteiger partial charge in [-0.25, -0.2) is 4.79 Å². The third-order valence-corrected chi connectivity index (χ3v) is 6.98. The van der Waals surface area contributed by atoms with Crippen molar-refractivity contribution in [3.05, 3.63) is 0 Å². The molecule has 0 N–H and O–H groups in total. The molecular weight excluding hydrogens is 318 g/mol. The molecule has 0 spiro atoms. The van der Waals surface area contributed by atoms with E-state index in [2.05, 4.69) is 34.9 Å². The fraction of sp³-hybridized carbons (Fsp3) is 0.950. The van der Waals surface area contributed by atoms with Gasteiger partial charge in [-0.1, -0.05) is 20.8 Å². The molecular formula is C20H38NO4+. The zero-order chi connectivity index (χ0) is 18.7. The largest absolute Gasteiger partial charge is 0.459 e. The quantitative estimate of drug-likeness (QED) is 0.343. The summed E-state index contributed by atoms with van der Waals surface area (Å²) in [5.74, 6) is 0.628. The standard InChI is InChI=1S/C20H38NO4/c1-7-23-12-13-25-18(22)15-21(5,6)10-11-24-17-14-16-8-9-20(17,4)19(16,2)3/h16-17H,7-15H2,1-6H3/q+1/t16-,17-,20-/m1/s1. The predicted molar refractivity (Wildman–Crippen MR) is 98.3 cm³/mol. The second-order valence-electron chi connectivity index (χ2n) is 9.20. The van der Waals surface area contributed by atoms with E-state index in [9.17, 15) is 4.79 Å². The van der Waals surface area contributed by atoms with E-state index >= 15 is 0 Å². The number of quaternary nitrogens is 1. The summed E-state index contributed by atoms with van der Waals surface area (Å²) in [6.45, 7) is 12.5. The number of fused-ring (bicyclic) bond motifs is 2. The van der Waals surface area contributed by atoms with Crippen LogP contribution in [0.25, 0.3) is 0 Å². The maximum Gasteiger partial charge on any atom is 0.361 e. The minimum atomic E-state index is -0.169. The summed E-state index contributed by atoms with van der Waals surface area (Å²) in [5.41, 5.74) is 0.680. The van der Waals surface area contributed by atoms with Crippen molar-refractivity contribution < 1.29 is 23.5 Å². The van der Waals surface area contributed by atoms with E-state index in [4.69, 9.17) is 14.2 Å². The Morgan fingerprint density at radius 3 is 2.44 bits per heavy atom. The van der Waals surface area contributed by atoms with E-state index in [0.29, 0.717) is 54.4 Å². The lowest BCUT2D eigenvalue weighted by atomic mass is 9.70. The topological polar surface area (TPSA) is 44.8 Å². The van der Waals surface area contributed by atoms with E-state index < -0.39 is 0 Å². The average Bonchev–Trinajstić information content (AvgIpc) is 2.84. The van der Waals surface area contributed by atoms with Crippen LogP contribution in [0.5, 0.6) is 0 Å². The Morgan fingerprint density at radius 1 is 1.16 bits per heavy atom. The van der Waals surface area contributed by atoms with E-state index in [1.54, 1.807) is 0 Å². The maximum atomic E-state index is 11.9. The molecule has 25 heavy (non-hydrogen) atoms. The minimum absolute atomic E-state index is 0.169. The van der Waals surface area contributed by atoms with Crippen molar-refractivity contribution in [3.8, 4) is 0 Å². The van der Waals surface area contributed by atoms with E-state index in [0.717, 1.165) is 12.5 Å². The van der Waals surface area contributed by atoms with Gasteiger partial charge in [0.05, 0.1) is 33.4 Å². The Morgan fingerprint density at radius 2 is 1.88 bits per heavy atom. The molecule has 146 valence electrons. The first kappa shape index (κ1) is 20.7. The predicted octanol–water partition coefficient (Wildman–Crippen LogP) is 2.87. The number of esters is 1. The normalized spacial score (nSPS) is 30.6. The summed E-state index contributed by atoms with van der Waals surface area (Å²) >= 11 is 0. The molecule has 0 aromatic rings. The van der Waals surface area contributed by atoms with Gasteiger partial charge >= 0.3 is 5.97 Å². The van der Waals surface area contributed by atoms with Crippen molar-refractivity contribution in [1.29, 1.82) is 0 Å². The Bertz CT molecular complexity index is 463. The fourth-order valence-electron chi connectivity index (χ4n) is 4.66. The first-order valence-corrected chi connectivity index (χ1v) is 9.79. The van der Waals surface area contributed by atoms with Gasteiger partial charge < -0.3 is 18.7 Å². The van der Waals surface area contributed by atoms with Gasteiger partial charge in [0.15, 0.2) is 6.54 Å². The summed E-state index contributed by atoms with van der Waals surface area (Å²) in [5, 5.41) is 0. The van der Waals surface area contributed by atoms with Crippen molar-refractivity contribution >= 4 is 5.97 Å². The van der Waals surface area contributed by atoms with Crippen LogP contribution in [0.3, 0.4) is 0 Å². The summed E-state index contributed by atoms with van der Waals surface area (Å²) in [6.07, 6.45) is 4.17. The highest BCUT2D eigenvalue weighted by Crippen LogP contribution is 2.66. The zero-order valence-corrected chi connectivity index (χ0v) is 17.1. The molecule has 0 aliphatic heterocycles. The molecule has 0 radical (unpaired) electrons. The SMILES string of the molecule is CCOCCOC(=O)C[N+](C)(C)CCO[C@@H]1C[C@H]2CC[C@@]1(C)C2(C)C. The van der Waals surface area contributed by atoms with Crippen LogP contribution in [0.1, 0.15) is 47.0 Å². The van der Waals surface area contributed by atoms with Gasteiger partial charge in [0.2, 0.25) is 0 Å². The molecule has 2 bridgehead atoms. The molecule has 2 rings (SSSR count). The molecule has 2 aliphatic rings. The van der Waals surface area contributed by atoms with E-state index in [-0.39, 0.29) is 5.97 Å². The Labute approximate surface area is 153 Å². The van der Waals surface area contributed by atoms with Crippen LogP contribution in [-0.2, 0) is 19.0 Å². The van der Waals surface area contributed by atoms with Gasteiger partial charge in [0, 0.05) is 6.61 Å². The van der Waals surface area contributed by atoms with Crippen LogP contribution in [0.15, 0.2) is 0 Å². The van der Waals surface area contributed by atoms with Crippen LogP contribution in [0, 0.1) is 16.7 Å². The second-order valence-corrected chi connectivity index (χ2v) is 9.20. The van der Waals surface area contributed by atoms with Crippen LogP contribution in [0.4, 0.5) is 0 Å². The Balaban J connectivity index is 1.71. The molecule has 5 heteroatoms. The molecule has 0 heterocycles. The third-order valence-electron chi connectivity index (χ3n) is 6.98. The molecule has 2 fully saturated rings. The summed E-state index contributed by atoms with van der Waals surface area (Å²) in [7, 11) is 4.11. The number of carbonyl (C=O) groups is 1. The Kier molecular flexibility index (Phi) is 6.55. The molecule has 2 saturated carbocycles. The number of likely N-dealkylation sites (N-methyl/N-ethyl adjacent to an activating group) is 1. The summed E-state index contributed by atoms with van der Waals surface area (Å²) in [6, 6.07) is 0. The number of hydrogen-bond donors (Lipinski definition) is 0. The summed E-state index contributed by atoms with van der Waals surface area (Å²) in [4.78, 5) is 11.9. The minimum Gasteiger partial charge on any atom is -0.459 e. The van der Waals surface area contributed by atoms with Gasteiger partial charge in [-0.05, 0) is 42.9 Å². The fourth-order valence-corrected chi connectivity index (χ4v) is 4.66. The summed E-state index contributed by atoms with van der Waals surface area (Å²) < 4.78 is 17.3. The van der Waals surface area contributed by atoms with Gasteiger partial charge in [-0.2, -0.15) is 0 Å². The first-order valence-electron chi connectivity index (χ1n) is 9.79. The van der Waals surface area contributed by atoms with Gasteiger partial charge in [-0.15, -0.1) is 0 Å². The molecule has 2 aliphatic carbocycles. The van der Waals surface area contributed by atoms with E-state index in [1.165, 1.54) is 19.3 Å². The molecule has 0 aromatic heterocycles. The number of carbonyl (C=O) groups excluding carboxylic acids is 1. The monoisotopic (exact) mass is 356 g/mol. The average molecular weight is 357 g/mol. The van der Waals surface area contributed by atoms with Gasteiger partial charge in [0.25, 0.3) is 0 Å². The second kappa shape index (κ2) is 7.93. The molecule has 0 unspecified atom stereocenters. The number of rotatable bonds is 10. The van der Waals surface area contributed by atoms with Crippen LogP contribution < -0.4 is 0 Å². The van der Waals surface area contributed by atoms with Crippen molar-refractivity contribution in [2.24, 2.45) is 16.7 Å². The molecule has 0 amide bonds. The molecule has 0 saturated heterocycles. The highest BCUT2D eigenvalue weighted by atomic mass is 16.6. The zero-order valence-electron chi connectivity index (χ0n) is 17.1. The first-order chi connectivity index (χ1) is 11.6. The Hall–Kier alpha value is -0.650. The smallest absolute Gasteiger partial charge is 0.361 e. The highest BCUT2D eigenvalue weighted by molar-refractivity contribution is 5.70.